The first-order valence-corrected chi connectivity index (χ1v) is 10.6. The predicted octanol–water partition coefficient (Wildman–Crippen LogP) is 4.49. The summed E-state index contributed by atoms with van der Waals surface area (Å²) >= 11 is 6.26. The van der Waals surface area contributed by atoms with E-state index in [1.54, 1.807) is 6.07 Å². The SMILES string of the molecule is O=C(Cc1cc(Cl)c2c(c1)OCCO2)Nc1ccc(-c2ncc3n2CCCC3)cc1. The van der Waals surface area contributed by atoms with Gasteiger partial charge in [0.1, 0.15) is 19.0 Å². The number of amides is 1. The van der Waals surface area contributed by atoms with Gasteiger partial charge in [-0.05, 0) is 61.2 Å². The van der Waals surface area contributed by atoms with Crippen LogP contribution in [0.2, 0.25) is 5.02 Å². The number of benzene rings is 2. The molecule has 0 fully saturated rings. The number of fused-ring (bicyclic) bond motifs is 2. The molecule has 6 nitrogen and oxygen atoms in total. The van der Waals surface area contributed by atoms with Gasteiger partial charge in [0, 0.05) is 29.7 Å². The van der Waals surface area contributed by atoms with Crippen molar-refractivity contribution in [2.75, 3.05) is 18.5 Å². The largest absolute Gasteiger partial charge is 0.486 e. The average molecular weight is 424 g/mol. The van der Waals surface area contributed by atoms with Crippen LogP contribution >= 0.6 is 11.6 Å². The van der Waals surface area contributed by atoms with Crippen LogP contribution in [0.3, 0.4) is 0 Å². The van der Waals surface area contributed by atoms with E-state index in [1.807, 2.05) is 36.5 Å². The molecule has 7 heteroatoms. The van der Waals surface area contributed by atoms with E-state index in [-0.39, 0.29) is 12.3 Å². The lowest BCUT2D eigenvalue weighted by Gasteiger charge is -2.20. The number of nitrogens with zero attached hydrogens (tertiary/aromatic N) is 2. The lowest BCUT2D eigenvalue weighted by Crippen LogP contribution is -2.17. The minimum Gasteiger partial charge on any atom is -0.486 e. The second kappa shape index (κ2) is 8.03. The van der Waals surface area contributed by atoms with Crippen molar-refractivity contribution in [3.8, 4) is 22.9 Å². The highest BCUT2D eigenvalue weighted by atomic mass is 35.5. The highest BCUT2D eigenvalue weighted by molar-refractivity contribution is 6.32. The third kappa shape index (κ3) is 3.75. The summed E-state index contributed by atoms with van der Waals surface area (Å²) in [5.41, 5.74) is 3.88. The average Bonchev–Trinajstić information content (AvgIpc) is 3.18. The molecule has 0 aliphatic carbocycles. The summed E-state index contributed by atoms with van der Waals surface area (Å²) in [6, 6.07) is 11.4. The molecule has 2 aliphatic heterocycles. The predicted molar refractivity (Wildman–Crippen MR) is 115 cm³/mol. The highest BCUT2D eigenvalue weighted by Crippen LogP contribution is 2.38. The minimum atomic E-state index is -0.117. The molecule has 0 unspecified atom stereocenters. The Labute approximate surface area is 179 Å². The van der Waals surface area contributed by atoms with Gasteiger partial charge in [0.15, 0.2) is 11.5 Å². The maximum atomic E-state index is 12.5. The van der Waals surface area contributed by atoms with Crippen molar-refractivity contribution in [1.82, 2.24) is 9.55 Å². The van der Waals surface area contributed by atoms with E-state index in [2.05, 4.69) is 14.9 Å². The Kier molecular flexibility index (Phi) is 5.09. The number of imidazole rings is 1. The zero-order valence-electron chi connectivity index (χ0n) is 16.5. The zero-order valence-corrected chi connectivity index (χ0v) is 17.2. The maximum Gasteiger partial charge on any atom is 0.228 e. The molecule has 2 aromatic carbocycles. The van der Waals surface area contributed by atoms with Crippen LogP contribution in [0.25, 0.3) is 11.4 Å². The molecular formula is C23H22ClN3O3. The molecule has 0 atom stereocenters. The molecule has 0 spiro atoms. The quantitative estimate of drug-likeness (QED) is 0.671. The van der Waals surface area contributed by atoms with E-state index >= 15 is 0 Å². The Morgan fingerprint density at radius 1 is 1.13 bits per heavy atom. The first-order chi connectivity index (χ1) is 14.7. The Morgan fingerprint density at radius 2 is 1.97 bits per heavy atom. The van der Waals surface area contributed by atoms with Crippen LogP contribution in [-0.4, -0.2) is 28.7 Å². The third-order valence-electron chi connectivity index (χ3n) is 5.45. The fourth-order valence-corrected chi connectivity index (χ4v) is 4.31. The normalized spacial score (nSPS) is 14.8. The molecule has 1 N–H and O–H groups in total. The molecule has 1 aromatic heterocycles. The Balaban J connectivity index is 1.27. The van der Waals surface area contributed by atoms with Crippen molar-refractivity contribution in [2.24, 2.45) is 0 Å². The molecule has 0 saturated heterocycles. The molecular weight excluding hydrogens is 402 g/mol. The summed E-state index contributed by atoms with van der Waals surface area (Å²) in [5.74, 6) is 2.01. The fourth-order valence-electron chi connectivity index (χ4n) is 4.03. The van der Waals surface area contributed by atoms with Crippen molar-refractivity contribution in [3.05, 3.63) is 58.9 Å². The lowest BCUT2D eigenvalue weighted by molar-refractivity contribution is -0.115. The Hall–Kier alpha value is -2.99. The van der Waals surface area contributed by atoms with Crippen LogP contribution in [0.15, 0.2) is 42.6 Å². The van der Waals surface area contributed by atoms with E-state index in [9.17, 15) is 4.79 Å². The molecule has 2 aliphatic rings. The number of ether oxygens (including phenoxy) is 2. The zero-order chi connectivity index (χ0) is 20.5. The number of rotatable bonds is 4. The van der Waals surface area contributed by atoms with Gasteiger partial charge in [0.25, 0.3) is 0 Å². The van der Waals surface area contributed by atoms with Gasteiger partial charge >= 0.3 is 0 Å². The van der Waals surface area contributed by atoms with E-state index in [4.69, 9.17) is 21.1 Å². The van der Waals surface area contributed by atoms with E-state index in [0.29, 0.717) is 29.7 Å². The van der Waals surface area contributed by atoms with Crippen molar-refractivity contribution in [3.63, 3.8) is 0 Å². The van der Waals surface area contributed by atoms with Crippen molar-refractivity contribution >= 4 is 23.2 Å². The molecule has 1 amide bonds. The van der Waals surface area contributed by atoms with Gasteiger partial charge in [-0.15, -0.1) is 0 Å². The number of halogens is 1. The van der Waals surface area contributed by atoms with Crippen LogP contribution in [-0.2, 0) is 24.2 Å². The number of hydrogen-bond acceptors (Lipinski definition) is 4. The smallest absolute Gasteiger partial charge is 0.228 e. The standard InChI is InChI=1S/C23H22ClN3O3/c24-19-11-15(12-20-22(19)30-10-9-29-20)13-21(28)26-17-6-4-16(5-7-17)23-25-14-18-3-1-2-8-27(18)23/h4-7,11-12,14H,1-3,8-10,13H2,(H,26,28). The summed E-state index contributed by atoms with van der Waals surface area (Å²) < 4.78 is 13.4. The number of aromatic nitrogens is 2. The molecule has 3 heterocycles. The maximum absolute atomic E-state index is 12.5. The Morgan fingerprint density at radius 3 is 2.83 bits per heavy atom. The van der Waals surface area contributed by atoms with Gasteiger partial charge in [0.05, 0.1) is 11.4 Å². The number of nitrogens with one attached hydrogen (secondary N) is 1. The number of carbonyl (C=O) groups is 1. The number of aryl methyl sites for hydroxylation is 1. The molecule has 154 valence electrons. The summed E-state index contributed by atoms with van der Waals surface area (Å²) in [6.07, 6.45) is 5.68. The minimum absolute atomic E-state index is 0.117. The molecule has 5 rings (SSSR count). The summed E-state index contributed by atoms with van der Waals surface area (Å²) in [7, 11) is 0. The number of anilines is 1. The van der Waals surface area contributed by atoms with Crippen LogP contribution in [0.4, 0.5) is 5.69 Å². The fraction of sp³-hybridized carbons (Fsp3) is 0.304. The lowest BCUT2D eigenvalue weighted by atomic mass is 10.1. The van der Waals surface area contributed by atoms with Gasteiger partial charge < -0.3 is 19.4 Å². The van der Waals surface area contributed by atoms with Gasteiger partial charge in [-0.3, -0.25) is 4.79 Å². The van der Waals surface area contributed by atoms with Crippen molar-refractivity contribution in [1.29, 1.82) is 0 Å². The third-order valence-corrected chi connectivity index (χ3v) is 5.73. The van der Waals surface area contributed by atoms with Crippen LogP contribution < -0.4 is 14.8 Å². The summed E-state index contributed by atoms with van der Waals surface area (Å²) in [5, 5.41) is 3.40. The van der Waals surface area contributed by atoms with Crippen LogP contribution in [0, 0.1) is 0 Å². The molecule has 0 saturated carbocycles. The molecule has 0 radical (unpaired) electrons. The van der Waals surface area contributed by atoms with Crippen LogP contribution in [0.5, 0.6) is 11.5 Å². The van der Waals surface area contributed by atoms with Crippen LogP contribution in [0.1, 0.15) is 24.1 Å². The topological polar surface area (TPSA) is 65.4 Å². The molecule has 3 aromatic rings. The summed E-state index contributed by atoms with van der Waals surface area (Å²) in [4.78, 5) is 17.1. The monoisotopic (exact) mass is 423 g/mol. The van der Waals surface area contributed by atoms with Crippen molar-refractivity contribution < 1.29 is 14.3 Å². The van der Waals surface area contributed by atoms with E-state index in [0.717, 1.165) is 35.6 Å². The van der Waals surface area contributed by atoms with E-state index < -0.39 is 0 Å². The van der Waals surface area contributed by atoms with Gasteiger partial charge in [0.2, 0.25) is 5.91 Å². The molecule has 30 heavy (non-hydrogen) atoms. The number of carbonyl (C=O) groups excluding carboxylic acids is 1. The summed E-state index contributed by atoms with van der Waals surface area (Å²) in [6.45, 7) is 1.97. The van der Waals surface area contributed by atoms with E-state index in [1.165, 1.54) is 18.5 Å². The van der Waals surface area contributed by atoms with Crippen molar-refractivity contribution in [2.45, 2.75) is 32.2 Å². The highest BCUT2D eigenvalue weighted by Gasteiger charge is 2.18. The second-order valence-corrected chi connectivity index (χ2v) is 7.99. The van der Waals surface area contributed by atoms with Gasteiger partial charge in [-0.2, -0.15) is 0 Å². The Bertz CT molecular complexity index is 1090. The first-order valence-electron chi connectivity index (χ1n) is 10.2. The first kappa shape index (κ1) is 19.0. The number of hydrogen-bond donors (Lipinski definition) is 1. The van der Waals surface area contributed by atoms with Gasteiger partial charge in [-0.1, -0.05) is 11.6 Å². The second-order valence-electron chi connectivity index (χ2n) is 7.59. The molecule has 0 bridgehead atoms. The van der Waals surface area contributed by atoms with Gasteiger partial charge in [-0.25, -0.2) is 4.98 Å².